The highest BCUT2D eigenvalue weighted by Crippen LogP contribution is 2.28. The van der Waals surface area contributed by atoms with E-state index in [2.05, 4.69) is 5.32 Å². The zero-order valence-corrected chi connectivity index (χ0v) is 17.9. The van der Waals surface area contributed by atoms with Gasteiger partial charge in [-0.3, -0.25) is 9.59 Å². The normalized spacial score (nSPS) is 19.0. The molecule has 1 aromatic carbocycles. The van der Waals surface area contributed by atoms with Gasteiger partial charge in [0.1, 0.15) is 5.41 Å². The Morgan fingerprint density at radius 2 is 1.74 bits per heavy atom. The summed E-state index contributed by atoms with van der Waals surface area (Å²) in [6.07, 6.45) is 0.426. The van der Waals surface area contributed by atoms with Gasteiger partial charge < -0.3 is 10.2 Å². The molecule has 27 heavy (non-hydrogen) atoms. The number of nitrogens with zero attached hydrogens (tertiary/aromatic N) is 1. The molecule has 1 saturated heterocycles. The molecule has 0 spiro atoms. The van der Waals surface area contributed by atoms with Crippen molar-refractivity contribution < 1.29 is 18.0 Å². The lowest BCUT2D eigenvalue weighted by Gasteiger charge is -2.34. The number of benzene rings is 1. The van der Waals surface area contributed by atoms with E-state index < -0.39 is 15.3 Å². The summed E-state index contributed by atoms with van der Waals surface area (Å²) in [6, 6.07) is 3.61. The highest BCUT2D eigenvalue weighted by Gasteiger charge is 2.43. The lowest BCUT2D eigenvalue weighted by atomic mass is 9.89. The maximum Gasteiger partial charge on any atom is 0.239 e. The third-order valence-electron chi connectivity index (χ3n) is 5.27. The number of rotatable bonds is 5. The first-order valence-corrected chi connectivity index (χ1v) is 11.1. The van der Waals surface area contributed by atoms with Crippen molar-refractivity contribution >= 4 is 27.3 Å². The van der Waals surface area contributed by atoms with Crippen LogP contribution < -0.4 is 5.32 Å². The molecule has 0 aliphatic carbocycles. The van der Waals surface area contributed by atoms with E-state index in [4.69, 9.17) is 0 Å². The first-order valence-electron chi connectivity index (χ1n) is 9.30. The van der Waals surface area contributed by atoms with Crippen molar-refractivity contribution in [3.8, 4) is 0 Å². The number of carbonyl (C=O) groups is 2. The van der Waals surface area contributed by atoms with Crippen LogP contribution in [0.15, 0.2) is 12.1 Å². The van der Waals surface area contributed by atoms with Crippen molar-refractivity contribution in [2.45, 2.75) is 54.0 Å². The van der Waals surface area contributed by atoms with Gasteiger partial charge in [-0.2, -0.15) is 0 Å². The first-order chi connectivity index (χ1) is 12.4. The number of hydrogen-bond acceptors (Lipinski definition) is 4. The Bertz CT molecular complexity index is 836. The van der Waals surface area contributed by atoms with Gasteiger partial charge in [0.05, 0.1) is 11.5 Å². The van der Waals surface area contributed by atoms with Crippen LogP contribution in [0.1, 0.15) is 43.9 Å². The van der Waals surface area contributed by atoms with Crippen LogP contribution in [0.4, 0.5) is 5.69 Å². The van der Waals surface area contributed by atoms with Gasteiger partial charge in [-0.15, -0.1) is 0 Å². The standard InChI is InChI=1S/C20H30N2O4S/c1-7-22(16-8-9-27(25,26)12-16)19(24)20(5,6)18(23)21-17-14(3)10-13(2)11-15(17)4/h10-11,16H,7-9,12H2,1-6H3,(H,21,23). The predicted molar refractivity (Wildman–Crippen MR) is 108 cm³/mol. The zero-order valence-electron chi connectivity index (χ0n) is 17.0. The van der Waals surface area contributed by atoms with Gasteiger partial charge in [0.2, 0.25) is 11.8 Å². The summed E-state index contributed by atoms with van der Waals surface area (Å²) < 4.78 is 23.6. The highest BCUT2D eigenvalue weighted by molar-refractivity contribution is 7.91. The van der Waals surface area contributed by atoms with E-state index in [1.165, 1.54) is 0 Å². The average molecular weight is 395 g/mol. The second kappa shape index (κ2) is 7.62. The molecule has 1 atom stereocenters. The Morgan fingerprint density at radius 1 is 1.19 bits per heavy atom. The van der Waals surface area contributed by atoms with Crippen molar-refractivity contribution in [2.24, 2.45) is 5.41 Å². The van der Waals surface area contributed by atoms with E-state index in [0.29, 0.717) is 13.0 Å². The summed E-state index contributed by atoms with van der Waals surface area (Å²) in [4.78, 5) is 27.6. The molecule has 1 fully saturated rings. The molecule has 0 bridgehead atoms. The molecule has 1 N–H and O–H groups in total. The number of anilines is 1. The smallest absolute Gasteiger partial charge is 0.239 e. The second-order valence-electron chi connectivity index (χ2n) is 8.00. The second-order valence-corrected chi connectivity index (χ2v) is 10.2. The highest BCUT2D eigenvalue weighted by atomic mass is 32.2. The lowest BCUT2D eigenvalue weighted by Crippen LogP contribution is -2.51. The lowest BCUT2D eigenvalue weighted by molar-refractivity contribution is -0.147. The van der Waals surface area contributed by atoms with Gasteiger partial charge in [-0.25, -0.2) is 8.42 Å². The van der Waals surface area contributed by atoms with Crippen LogP contribution in [0.25, 0.3) is 0 Å². The zero-order chi connectivity index (χ0) is 20.6. The van der Waals surface area contributed by atoms with Gasteiger partial charge >= 0.3 is 0 Å². The molecule has 1 heterocycles. The number of sulfone groups is 1. The largest absolute Gasteiger partial charge is 0.338 e. The SMILES string of the molecule is CCN(C(=O)C(C)(C)C(=O)Nc1c(C)cc(C)cc1C)C1CCS(=O)(=O)C1. The molecule has 1 aliphatic rings. The minimum absolute atomic E-state index is 0.0273. The Kier molecular flexibility index (Phi) is 6.04. The summed E-state index contributed by atoms with van der Waals surface area (Å²) in [6.45, 7) is 11.2. The Balaban J connectivity index is 2.23. The maximum absolute atomic E-state index is 13.1. The third kappa shape index (κ3) is 4.51. The van der Waals surface area contributed by atoms with Crippen LogP contribution in [-0.2, 0) is 19.4 Å². The summed E-state index contributed by atoms with van der Waals surface area (Å²) in [5.41, 5.74) is 2.42. The number of carbonyl (C=O) groups excluding carboxylic acids is 2. The van der Waals surface area contributed by atoms with E-state index in [-0.39, 0.29) is 29.4 Å². The fourth-order valence-electron chi connectivity index (χ4n) is 3.69. The molecule has 1 unspecified atom stereocenters. The average Bonchev–Trinajstić information content (AvgIpc) is 2.90. The quantitative estimate of drug-likeness (QED) is 0.778. The van der Waals surface area contributed by atoms with Crippen molar-refractivity contribution in [1.29, 1.82) is 0 Å². The van der Waals surface area contributed by atoms with Crippen LogP contribution >= 0.6 is 0 Å². The molecule has 0 aromatic heterocycles. The van der Waals surface area contributed by atoms with Crippen LogP contribution in [-0.4, -0.2) is 49.2 Å². The molecule has 1 aromatic rings. The summed E-state index contributed by atoms with van der Waals surface area (Å²) in [5, 5.41) is 2.91. The minimum atomic E-state index is -3.11. The van der Waals surface area contributed by atoms with E-state index in [9.17, 15) is 18.0 Å². The van der Waals surface area contributed by atoms with Gasteiger partial charge in [0, 0.05) is 18.3 Å². The number of hydrogen-bond donors (Lipinski definition) is 1. The first kappa shape index (κ1) is 21.4. The number of amides is 2. The van der Waals surface area contributed by atoms with E-state index >= 15 is 0 Å². The summed E-state index contributed by atoms with van der Waals surface area (Å²) in [7, 11) is -3.11. The predicted octanol–water partition coefficient (Wildman–Crippen LogP) is 2.61. The van der Waals surface area contributed by atoms with Gasteiger partial charge in [-0.05, 0) is 59.1 Å². The third-order valence-corrected chi connectivity index (χ3v) is 7.02. The Hall–Kier alpha value is -1.89. The fraction of sp³-hybridized carbons (Fsp3) is 0.600. The molecular weight excluding hydrogens is 364 g/mol. The monoisotopic (exact) mass is 394 g/mol. The summed E-state index contributed by atoms with van der Waals surface area (Å²) in [5.74, 6) is -0.662. The molecule has 6 nitrogen and oxygen atoms in total. The number of aryl methyl sites for hydroxylation is 3. The van der Waals surface area contributed by atoms with Gasteiger partial charge in [0.25, 0.3) is 0 Å². The van der Waals surface area contributed by atoms with Crippen molar-refractivity contribution in [3.05, 3.63) is 28.8 Å². The van der Waals surface area contributed by atoms with E-state index in [0.717, 1.165) is 22.4 Å². The van der Waals surface area contributed by atoms with Crippen molar-refractivity contribution in [1.82, 2.24) is 4.90 Å². The van der Waals surface area contributed by atoms with Crippen molar-refractivity contribution in [2.75, 3.05) is 23.4 Å². The van der Waals surface area contributed by atoms with Crippen LogP contribution in [0, 0.1) is 26.2 Å². The molecule has 7 heteroatoms. The minimum Gasteiger partial charge on any atom is -0.338 e. The molecule has 1 aliphatic heterocycles. The molecule has 2 rings (SSSR count). The molecule has 2 amide bonds. The van der Waals surface area contributed by atoms with Crippen LogP contribution in [0.2, 0.25) is 0 Å². The van der Waals surface area contributed by atoms with E-state index in [1.807, 2.05) is 39.8 Å². The Morgan fingerprint density at radius 3 is 2.19 bits per heavy atom. The van der Waals surface area contributed by atoms with E-state index in [1.54, 1.807) is 18.7 Å². The molecule has 0 radical (unpaired) electrons. The van der Waals surface area contributed by atoms with Gasteiger partial charge in [-0.1, -0.05) is 17.7 Å². The van der Waals surface area contributed by atoms with Crippen LogP contribution in [0.3, 0.4) is 0 Å². The Labute approximate surface area is 162 Å². The maximum atomic E-state index is 13.1. The molecule has 150 valence electrons. The topological polar surface area (TPSA) is 83.6 Å². The number of nitrogens with one attached hydrogen (secondary N) is 1. The van der Waals surface area contributed by atoms with Gasteiger partial charge in [0.15, 0.2) is 9.84 Å². The fourth-order valence-corrected chi connectivity index (χ4v) is 5.42. The van der Waals surface area contributed by atoms with Crippen molar-refractivity contribution in [3.63, 3.8) is 0 Å². The summed E-state index contributed by atoms with van der Waals surface area (Å²) >= 11 is 0. The molecular formula is C20H30N2O4S. The molecule has 0 saturated carbocycles. The van der Waals surface area contributed by atoms with Crippen LogP contribution in [0.5, 0.6) is 0 Å².